The van der Waals surface area contributed by atoms with Gasteiger partial charge in [-0.25, -0.2) is 0 Å². The van der Waals surface area contributed by atoms with Crippen LogP contribution in [0, 0.1) is 10.8 Å². The molecular weight excluding hydrogens is 216 g/mol. The van der Waals surface area contributed by atoms with Crippen molar-refractivity contribution in [3.05, 3.63) is 22.8 Å². The first-order chi connectivity index (χ1) is 8.19. The highest BCUT2D eigenvalue weighted by molar-refractivity contribution is 5.69. The summed E-state index contributed by atoms with van der Waals surface area (Å²) >= 11 is 0. The van der Waals surface area contributed by atoms with Gasteiger partial charge in [0.05, 0.1) is 7.11 Å². The third-order valence-electron chi connectivity index (χ3n) is 2.79. The maximum Gasteiger partial charge on any atom is 0.161 e. The molecule has 4 nitrogen and oxygen atoms in total. The molecule has 0 unspecified atom stereocenters. The fourth-order valence-corrected chi connectivity index (χ4v) is 1.95. The Morgan fingerprint density at radius 2 is 1.82 bits per heavy atom. The topological polar surface area (TPSA) is 77.2 Å². The molecule has 0 aliphatic heterocycles. The molecule has 0 bridgehead atoms. The van der Waals surface area contributed by atoms with Crippen molar-refractivity contribution >= 4 is 12.4 Å². The molecular formula is C13H18N2O2. The van der Waals surface area contributed by atoms with Gasteiger partial charge in [0.15, 0.2) is 11.5 Å². The number of phenolic OH excluding ortho intramolecular Hbond substituents is 1. The average molecular weight is 234 g/mol. The van der Waals surface area contributed by atoms with Gasteiger partial charge in [0.2, 0.25) is 0 Å². The Morgan fingerprint density at radius 1 is 1.24 bits per heavy atom. The first-order valence-corrected chi connectivity index (χ1v) is 5.57. The molecule has 1 aromatic carbocycles. The highest BCUT2D eigenvalue weighted by atomic mass is 16.5. The fraction of sp³-hybridized carbons (Fsp3) is 0.385. The van der Waals surface area contributed by atoms with E-state index in [1.807, 2.05) is 13.0 Å². The van der Waals surface area contributed by atoms with Crippen LogP contribution in [0.25, 0.3) is 0 Å². The number of ether oxygens (including phenoxy) is 1. The minimum Gasteiger partial charge on any atom is -0.504 e. The van der Waals surface area contributed by atoms with Crippen LogP contribution >= 0.6 is 0 Å². The Hall–Kier alpha value is -1.84. The Morgan fingerprint density at radius 3 is 2.29 bits per heavy atom. The van der Waals surface area contributed by atoms with Crippen molar-refractivity contribution < 1.29 is 9.84 Å². The van der Waals surface area contributed by atoms with Crippen LogP contribution in [0.5, 0.6) is 11.5 Å². The molecule has 0 saturated heterocycles. The van der Waals surface area contributed by atoms with Crippen LogP contribution in [0.1, 0.15) is 23.6 Å². The molecule has 0 atom stereocenters. The summed E-state index contributed by atoms with van der Waals surface area (Å²) in [7, 11) is 1.51. The normalized spacial score (nSPS) is 10.0. The largest absolute Gasteiger partial charge is 0.504 e. The van der Waals surface area contributed by atoms with Crippen molar-refractivity contribution in [2.75, 3.05) is 7.11 Å². The molecule has 1 aromatic rings. The summed E-state index contributed by atoms with van der Waals surface area (Å²) in [6.07, 6.45) is 4.21. The molecule has 17 heavy (non-hydrogen) atoms. The molecule has 0 saturated carbocycles. The first-order valence-electron chi connectivity index (χ1n) is 5.57. The third kappa shape index (κ3) is 2.64. The number of nitrogens with one attached hydrogen (secondary N) is 2. The van der Waals surface area contributed by atoms with E-state index >= 15 is 0 Å². The summed E-state index contributed by atoms with van der Waals surface area (Å²) in [4.78, 5) is 0. The lowest BCUT2D eigenvalue weighted by Gasteiger charge is -2.16. The van der Waals surface area contributed by atoms with Gasteiger partial charge in [-0.3, -0.25) is 0 Å². The molecule has 0 heterocycles. The van der Waals surface area contributed by atoms with Crippen molar-refractivity contribution in [2.45, 2.75) is 26.2 Å². The second-order valence-corrected chi connectivity index (χ2v) is 3.71. The lowest BCUT2D eigenvalue weighted by atomic mass is 9.94. The van der Waals surface area contributed by atoms with Gasteiger partial charge in [0.1, 0.15) is 0 Å². The van der Waals surface area contributed by atoms with E-state index in [2.05, 4.69) is 0 Å². The maximum atomic E-state index is 10.0. The highest BCUT2D eigenvalue weighted by Gasteiger charge is 2.15. The monoisotopic (exact) mass is 234 g/mol. The van der Waals surface area contributed by atoms with Gasteiger partial charge >= 0.3 is 0 Å². The molecule has 0 spiro atoms. The quantitative estimate of drug-likeness (QED) is 0.661. The predicted molar refractivity (Wildman–Crippen MR) is 69.0 cm³/mol. The lowest BCUT2D eigenvalue weighted by molar-refractivity contribution is 0.370. The van der Waals surface area contributed by atoms with E-state index in [4.69, 9.17) is 15.6 Å². The minimum absolute atomic E-state index is 0.0880. The highest BCUT2D eigenvalue weighted by Crippen LogP contribution is 2.35. The molecule has 0 aliphatic rings. The average Bonchev–Trinajstić information content (AvgIpc) is 2.34. The van der Waals surface area contributed by atoms with Crippen LogP contribution in [0.2, 0.25) is 0 Å². The fourth-order valence-electron chi connectivity index (χ4n) is 1.95. The Balaban J connectivity index is 3.45. The van der Waals surface area contributed by atoms with Crippen LogP contribution in [0.4, 0.5) is 0 Å². The SMILES string of the molecule is CCc1cc(OC)c(O)c(CC=N)c1CC=N. The van der Waals surface area contributed by atoms with E-state index in [0.717, 1.165) is 17.5 Å². The number of phenols is 1. The molecule has 0 aromatic heterocycles. The van der Waals surface area contributed by atoms with Gasteiger partial charge in [0.25, 0.3) is 0 Å². The number of methoxy groups -OCH3 is 1. The molecule has 92 valence electrons. The smallest absolute Gasteiger partial charge is 0.161 e. The minimum atomic E-state index is 0.0880. The van der Waals surface area contributed by atoms with Gasteiger partial charge in [-0.05, 0) is 36.0 Å². The van der Waals surface area contributed by atoms with Crippen molar-refractivity contribution in [3.63, 3.8) is 0 Å². The zero-order valence-electron chi connectivity index (χ0n) is 10.2. The maximum absolute atomic E-state index is 10.0. The third-order valence-corrected chi connectivity index (χ3v) is 2.79. The van der Waals surface area contributed by atoms with E-state index in [1.54, 1.807) is 0 Å². The Labute approximate surface area is 101 Å². The summed E-state index contributed by atoms with van der Waals surface area (Å²) < 4.78 is 5.13. The molecule has 1 rings (SSSR count). The van der Waals surface area contributed by atoms with E-state index < -0.39 is 0 Å². The molecule has 0 amide bonds. The molecule has 0 aliphatic carbocycles. The second kappa shape index (κ2) is 6.03. The van der Waals surface area contributed by atoms with Gasteiger partial charge in [-0.1, -0.05) is 6.92 Å². The summed E-state index contributed by atoms with van der Waals surface area (Å²) in [6.45, 7) is 2.02. The van der Waals surface area contributed by atoms with Crippen LogP contribution < -0.4 is 4.74 Å². The number of rotatable bonds is 6. The van der Waals surface area contributed by atoms with Gasteiger partial charge in [0, 0.05) is 18.4 Å². The van der Waals surface area contributed by atoms with Crippen molar-refractivity contribution in [3.8, 4) is 11.5 Å². The van der Waals surface area contributed by atoms with Crippen molar-refractivity contribution in [1.29, 1.82) is 10.8 Å². The predicted octanol–water partition coefficient (Wildman–Crippen LogP) is 2.35. The van der Waals surface area contributed by atoms with Crippen LogP contribution in [0.3, 0.4) is 0 Å². The number of benzene rings is 1. The van der Waals surface area contributed by atoms with E-state index in [1.165, 1.54) is 19.5 Å². The summed E-state index contributed by atoms with van der Waals surface area (Å²) in [5.41, 5.74) is 2.68. The van der Waals surface area contributed by atoms with Gasteiger partial charge in [-0.15, -0.1) is 0 Å². The standard InChI is InChI=1S/C13H18N2O2/c1-3-9-8-12(17-2)13(16)11(5-7-15)10(9)4-6-14/h6-8,14-16H,3-5H2,1-2H3. The molecule has 0 radical (unpaired) electrons. The van der Waals surface area contributed by atoms with Crippen molar-refractivity contribution in [1.82, 2.24) is 0 Å². The molecule has 4 heteroatoms. The number of aryl methyl sites for hydroxylation is 1. The lowest BCUT2D eigenvalue weighted by Crippen LogP contribution is -2.03. The zero-order chi connectivity index (χ0) is 12.8. The number of hydrogen-bond acceptors (Lipinski definition) is 4. The second-order valence-electron chi connectivity index (χ2n) is 3.71. The summed E-state index contributed by atoms with van der Waals surface area (Å²) in [5, 5.41) is 24.4. The zero-order valence-corrected chi connectivity index (χ0v) is 10.2. The van der Waals surface area contributed by atoms with E-state index in [9.17, 15) is 5.11 Å². The van der Waals surface area contributed by atoms with Crippen LogP contribution in [0.15, 0.2) is 6.07 Å². The first kappa shape index (κ1) is 13.2. The van der Waals surface area contributed by atoms with Crippen LogP contribution in [-0.4, -0.2) is 24.6 Å². The Kier molecular flexibility index (Phi) is 4.69. The molecule has 0 fully saturated rings. The van der Waals surface area contributed by atoms with Gasteiger partial charge in [-0.2, -0.15) is 0 Å². The molecule has 3 N–H and O–H groups in total. The van der Waals surface area contributed by atoms with Gasteiger partial charge < -0.3 is 20.7 Å². The van der Waals surface area contributed by atoms with Crippen molar-refractivity contribution in [2.24, 2.45) is 0 Å². The number of hydrogen-bond donors (Lipinski definition) is 3. The van der Waals surface area contributed by atoms with E-state index in [-0.39, 0.29) is 5.75 Å². The Bertz CT molecular complexity index is 428. The summed E-state index contributed by atoms with van der Waals surface area (Å²) in [5.74, 6) is 0.525. The van der Waals surface area contributed by atoms with E-state index in [0.29, 0.717) is 24.2 Å². The number of aromatic hydroxyl groups is 1. The van der Waals surface area contributed by atoms with Crippen LogP contribution in [-0.2, 0) is 19.3 Å². The summed E-state index contributed by atoms with van der Waals surface area (Å²) in [6, 6.07) is 1.81.